The number of carbonyl (C=O) groups excluding carboxylic acids is 3. The molecule has 1 aliphatic rings. The number of nitro benzene ring substituents is 1. The van der Waals surface area contributed by atoms with Gasteiger partial charge in [0.1, 0.15) is 5.57 Å². The number of barbiturate groups is 1. The van der Waals surface area contributed by atoms with Crippen LogP contribution in [0.2, 0.25) is 0 Å². The molecule has 0 saturated carbocycles. The summed E-state index contributed by atoms with van der Waals surface area (Å²) in [6.07, 6.45) is 1.06. The third-order valence-corrected chi connectivity index (χ3v) is 4.60. The van der Waals surface area contributed by atoms with Crippen molar-refractivity contribution in [1.82, 2.24) is 5.32 Å². The van der Waals surface area contributed by atoms with Crippen molar-refractivity contribution < 1.29 is 28.8 Å². The van der Waals surface area contributed by atoms with E-state index in [-0.39, 0.29) is 22.7 Å². The van der Waals surface area contributed by atoms with Crippen molar-refractivity contribution in [3.05, 3.63) is 62.7 Å². The largest absolute Gasteiger partial charge is 0.493 e. The molecule has 1 saturated heterocycles. The highest BCUT2D eigenvalue weighted by molar-refractivity contribution is 6.39. The van der Waals surface area contributed by atoms with Gasteiger partial charge in [-0.05, 0) is 49.2 Å². The topological polar surface area (TPSA) is 128 Å². The quantitative estimate of drug-likeness (QED) is 0.338. The lowest BCUT2D eigenvalue weighted by Gasteiger charge is -2.27. The third-order valence-electron chi connectivity index (χ3n) is 4.60. The van der Waals surface area contributed by atoms with Crippen LogP contribution in [-0.4, -0.2) is 37.0 Å². The van der Waals surface area contributed by atoms with E-state index in [9.17, 15) is 24.5 Å². The maximum Gasteiger partial charge on any atom is 0.335 e. The first-order valence-corrected chi connectivity index (χ1v) is 9.06. The highest BCUT2D eigenvalue weighted by Crippen LogP contribution is 2.36. The van der Waals surface area contributed by atoms with E-state index >= 15 is 0 Å². The Morgan fingerprint density at radius 2 is 1.55 bits per heavy atom. The second kappa shape index (κ2) is 8.27. The number of aryl methyl sites for hydroxylation is 2. The molecule has 0 aromatic heterocycles. The van der Waals surface area contributed by atoms with Crippen molar-refractivity contribution in [2.75, 3.05) is 19.1 Å². The number of imide groups is 2. The number of carbonyl (C=O) groups is 3. The van der Waals surface area contributed by atoms with E-state index in [0.29, 0.717) is 0 Å². The van der Waals surface area contributed by atoms with Crippen LogP contribution in [0.3, 0.4) is 0 Å². The van der Waals surface area contributed by atoms with Gasteiger partial charge in [0.15, 0.2) is 11.5 Å². The average molecular weight is 425 g/mol. The minimum absolute atomic E-state index is 0.0594. The number of nitrogens with zero attached hydrogens (tertiary/aromatic N) is 2. The fraction of sp³-hybridized carbons (Fsp3) is 0.190. The molecule has 2 aromatic rings. The van der Waals surface area contributed by atoms with Gasteiger partial charge in [-0.1, -0.05) is 6.07 Å². The first-order chi connectivity index (χ1) is 14.7. The van der Waals surface area contributed by atoms with Gasteiger partial charge in [-0.15, -0.1) is 0 Å². The molecule has 1 heterocycles. The molecule has 1 fully saturated rings. The highest BCUT2D eigenvalue weighted by atomic mass is 16.6. The molecule has 0 spiro atoms. The summed E-state index contributed by atoms with van der Waals surface area (Å²) in [5, 5.41) is 13.6. The number of nitro groups is 1. The number of hydrogen-bond acceptors (Lipinski definition) is 7. The van der Waals surface area contributed by atoms with E-state index in [4.69, 9.17) is 9.47 Å². The molecule has 1 N–H and O–H groups in total. The number of amides is 4. The zero-order valence-corrected chi connectivity index (χ0v) is 17.2. The van der Waals surface area contributed by atoms with Crippen LogP contribution in [0.25, 0.3) is 6.08 Å². The predicted molar refractivity (Wildman–Crippen MR) is 111 cm³/mol. The first kappa shape index (κ1) is 21.5. The number of ether oxygens (including phenoxy) is 2. The SMILES string of the molecule is COc1cc(C=C2C(=O)NC(=O)N(c3cc(C)cc(C)c3)C2=O)c([N+](=O)[O-])cc1OC. The molecular weight excluding hydrogens is 406 g/mol. The van der Waals surface area contributed by atoms with Crippen LogP contribution in [0.1, 0.15) is 16.7 Å². The molecule has 3 rings (SSSR count). The Labute approximate surface area is 177 Å². The van der Waals surface area contributed by atoms with Crippen LogP contribution in [0.15, 0.2) is 35.9 Å². The van der Waals surface area contributed by atoms with Crippen LogP contribution >= 0.6 is 0 Å². The number of hydrogen-bond donors (Lipinski definition) is 1. The van der Waals surface area contributed by atoms with Crippen molar-refractivity contribution in [3.8, 4) is 11.5 Å². The zero-order chi connectivity index (χ0) is 22.9. The number of anilines is 1. The molecule has 0 aliphatic carbocycles. The number of rotatable bonds is 5. The van der Waals surface area contributed by atoms with E-state index < -0.39 is 34.0 Å². The third kappa shape index (κ3) is 4.08. The molecule has 4 amide bonds. The summed E-state index contributed by atoms with van der Waals surface area (Å²) in [6, 6.07) is 6.61. The van der Waals surface area contributed by atoms with Crippen molar-refractivity contribution in [3.63, 3.8) is 0 Å². The van der Waals surface area contributed by atoms with Gasteiger partial charge >= 0.3 is 6.03 Å². The molecule has 0 atom stereocenters. The normalized spacial score (nSPS) is 15.2. The Morgan fingerprint density at radius 3 is 2.10 bits per heavy atom. The van der Waals surface area contributed by atoms with Gasteiger partial charge in [-0.2, -0.15) is 0 Å². The lowest BCUT2D eigenvalue weighted by atomic mass is 10.0. The Hall–Kier alpha value is -4.21. The van der Waals surface area contributed by atoms with Crippen LogP contribution < -0.4 is 19.7 Å². The summed E-state index contributed by atoms with van der Waals surface area (Å²) in [4.78, 5) is 49.6. The molecule has 0 bridgehead atoms. The molecule has 31 heavy (non-hydrogen) atoms. The highest BCUT2D eigenvalue weighted by Gasteiger charge is 2.37. The lowest BCUT2D eigenvalue weighted by Crippen LogP contribution is -2.54. The molecule has 1 aliphatic heterocycles. The van der Waals surface area contributed by atoms with E-state index in [1.54, 1.807) is 26.0 Å². The van der Waals surface area contributed by atoms with E-state index in [1.165, 1.54) is 20.3 Å². The van der Waals surface area contributed by atoms with E-state index in [1.807, 2.05) is 6.07 Å². The van der Waals surface area contributed by atoms with Gasteiger partial charge < -0.3 is 9.47 Å². The van der Waals surface area contributed by atoms with Crippen molar-refractivity contribution in [2.24, 2.45) is 0 Å². The van der Waals surface area contributed by atoms with Gasteiger partial charge in [0.05, 0.1) is 36.5 Å². The molecule has 0 unspecified atom stereocenters. The Bertz CT molecular complexity index is 1130. The first-order valence-electron chi connectivity index (χ1n) is 9.06. The Balaban J connectivity index is 2.15. The minimum Gasteiger partial charge on any atom is -0.493 e. The summed E-state index contributed by atoms with van der Waals surface area (Å²) in [5.41, 5.74) is 1.01. The van der Waals surface area contributed by atoms with Crippen LogP contribution in [0, 0.1) is 24.0 Å². The van der Waals surface area contributed by atoms with Gasteiger partial charge in [0.25, 0.3) is 17.5 Å². The van der Waals surface area contributed by atoms with E-state index in [0.717, 1.165) is 28.2 Å². The second-order valence-corrected chi connectivity index (χ2v) is 6.83. The van der Waals surface area contributed by atoms with Crippen molar-refractivity contribution >= 4 is 35.3 Å². The van der Waals surface area contributed by atoms with Crippen LogP contribution in [-0.2, 0) is 9.59 Å². The van der Waals surface area contributed by atoms with Crippen LogP contribution in [0.4, 0.5) is 16.2 Å². The molecule has 2 aromatic carbocycles. The van der Waals surface area contributed by atoms with Gasteiger partial charge in [0, 0.05) is 0 Å². The second-order valence-electron chi connectivity index (χ2n) is 6.83. The van der Waals surface area contributed by atoms with Crippen LogP contribution in [0.5, 0.6) is 11.5 Å². The Kier molecular flexibility index (Phi) is 5.73. The summed E-state index contributed by atoms with van der Waals surface area (Å²) >= 11 is 0. The van der Waals surface area contributed by atoms with Gasteiger partial charge in [-0.3, -0.25) is 25.0 Å². The van der Waals surface area contributed by atoms with E-state index in [2.05, 4.69) is 5.32 Å². The number of benzene rings is 2. The summed E-state index contributed by atoms with van der Waals surface area (Å²) in [6.45, 7) is 3.61. The Morgan fingerprint density at radius 1 is 0.968 bits per heavy atom. The molecule has 0 radical (unpaired) electrons. The molecular formula is C21H19N3O7. The maximum absolute atomic E-state index is 13.1. The number of methoxy groups -OCH3 is 2. The monoisotopic (exact) mass is 425 g/mol. The average Bonchev–Trinajstić information content (AvgIpc) is 2.69. The fourth-order valence-corrected chi connectivity index (χ4v) is 3.28. The molecule has 160 valence electrons. The molecule has 10 nitrogen and oxygen atoms in total. The smallest absolute Gasteiger partial charge is 0.335 e. The molecule has 10 heteroatoms. The lowest BCUT2D eigenvalue weighted by molar-refractivity contribution is -0.385. The standard InChI is InChI=1S/C21H19N3O7/c1-11-5-12(2)7-14(6-11)23-20(26)15(19(25)22-21(23)27)8-13-9-17(30-3)18(31-4)10-16(13)24(28)29/h5-10H,1-4H3,(H,22,25,27). The summed E-state index contributed by atoms with van der Waals surface area (Å²) in [5.74, 6) is -1.57. The van der Waals surface area contributed by atoms with Crippen molar-refractivity contribution in [2.45, 2.75) is 13.8 Å². The minimum atomic E-state index is -0.959. The maximum atomic E-state index is 13.1. The predicted octanol–water partition coefficient (Wildman–Crippen LogP) is 2.90. The van der Waals surface area contributed by atoms with Crippen molar-refractivity contribution in [1.29, 1.82) is 0 Å². The van der Waals surface area contributed by atoms with Gasteiger partial charge in [0.2, 0.25) is 0 Å². The number of nitrogens with one attached hydrogen (secondary N) is 1. The summed E-state index contributed by atoms with van der Waals surface area (Å²) < 4.78 is 10.2. The fourth-order valence-electron chi connectivity index (χ4n) is 3.28. The number of urea groups is 1. The summed E-state index contributed by atoms with van der Waals surface area (Å²) in [7, 11) is 2.67. The van der Waals surface area contributed by atoms with Gasteiger partial charge in [-0.25, -0.2) is 9.69 Å². The zero-order valence-electron chi connectivity index (χ0n) is 17.2.